The summed E-state index contributed by atoms with van der Waals surface area (Å²) in [6, 6.07) is 6.59. The van der Waals surface area contributed by atoms with Gasteiger partial charge in [0.15, 0.2) is 0 Å². The van der Waals surface area contributed by atoms with Crippen LogP contribution < -0.4 is 0 Å². The van der Waals surface area contributed by atoms with Gasteiger partial charge in [-0.3, -0.25) is 4.98 Å². The van der Waals surface area contributed by atoms with Crippen molar-refractivity contribution in [3.8, 4) is 0 Å². The third kappa shape index (κ3) is 3.98. The molecule has 0 atom stereocenters. The summed E-state index contributed by atoms with van der Waals surface area (Å²) in [5.74, 6) is 0. The molecular weight excluding hydrogens is 321 g/mol. The van der Waals surface area contributed by atoms with Crippen LogP contribution in [0, 0.1) is 0 Å². The van der Waals surface area contributed by atoms with Crippen molar-refractivity contribution in [1.29, 1.82) is 0 Å². The molecule has 1 aromatic heterocycles. The van der Waals surface area contributed by atoms with E-state index in [1.54, 1.807) is 30.8 Å². The van der Waals surface area contributed by atoms with Crippen LogP contribution in [-0.4, -0.2) is 16.3 Å². The van der Waals surface area contributed by atoms with Crippen LogP contribution in [0.2, 0.25) is 5.02 Å². The molecule has 0 aliphatic carbocycles. The van der Waals surface area contributed by atoms with Gasteiger partial charge in [0.25, 0.3) is 0 Å². The fraction of sp³-hybridized carbons (Fsp3) is 0.143. The molecule has 110 valence electrons. The van der Waals surface area contributed by atoms with Gasteiger partial charge in [-0.1, -0.05) is 11.6 Å². The molecule has 0 spiro atoms. The van der Waals surface area contributed by atoms with Crippen molar-refractivity contribution in [2.24, 2.45) is 4.99 Å². The number of hydrogen-bond donors (Lipinski definition) is 0. The molecule has 0 N–H and O–H groups in total. The number of aromatic nitrogens is 1. The van der Waals surface area contributed by atoms with Gasteiger partial charge in [-0.05, 0) is 36.6 Å². The molecule has 0 amide bonds. The van der Waals surface area contributed by atoms with Crippen molar-refractivity contribution in [3.63, 3.8) is 0 Å². The fourth-order valence-corrected chi connectivity index (χ4v) is 2.31. The molecule has 0 bridgehead atoms. The minimum Gasteiger partial charge on any atom is -0.264 e. The van der Waals surface area contributed by atoms with Crippen LogP contribution >= 0.6 is 23.4 Å². The van der Waals surface area contributed by atoms with E-state index in [-0.39, 0.29) is 10.7 Å². The molecule has 0 fully saturated rings. The Hall–Kier alpha value is -1.53. The highest BCUT2D eigenvalue weighted by Gasteiger charge is 2.31. The summed E-state index contributed by atoms with van der Waals surface area (Å²) in [5, 5.41) is 0.711. The normalized spacial score (nSPS) is 12.5. The summed E-state index contributed by atoms with van der Waals surface area (Å²) in [6.45, 7) is 0. The summed E-state index contributed by atoms with van der Waals surface area (Å²) in [4.78, 5) is 8.20. The van der Waals surface area contributed by atoms with Gasteiger partial charge in [0, 0.05) is 18.0 Å². The Morgan fingerprint density at radius 3 is 2.62 bits per heavy atom. The first-order valence-electron chi connectivity index (χ1n) is 5.81. The first kappa shape index (κ1) is 15.9. The SMILES string of the molecule is CSC(=Nc1cc(C(F)(F)F)ccc1Cl)c1cccnc1. The Labute approximate surface area is 129 Å². The molecule has 21 heavy (non-hydrogen) atoms. The Morgan fingerprint density at radius 1 is 1.29 bits per heavy atom. The molecule has 0 radical (unpaired) electrons. The lowest BCUT2D eigenvalue weighted by molar-refractivity contribution is -0.137. The van der Waals surface area contributed by atoms with E-state index in [1.165, 1.54) is 17.8 Å². The van der Waals surface area contributed by atoms with Crippen molar-refractivity contribution in [2.45, 2.75) is 6.18 Å². The van der Waals surface area contributed by atoms with Crippen molar-refractivity contribution in [2.75, 3.05) is 6.26 Å². The van der Waals surface area contributed by atoms with Crippen LogP contribution in [-0.2, 0) is 6.18 Å². The number of rotatable bonds is 2. The summed E-state index contributed by atoms with van der Waals surface area (Å²) in [5.41, 5.74) is 0.0236. The van der Waals surface area contributed by atoms with E-state index < -0.39 is 11.7 Å². The molecule has 2 nitrogen and oxygen atoms in total. The molecule has 2 rings (SSSR count). The first-order valence-corrected chi connectivity index (χ1v) is 7.42. The Balaban J connectivity index is 2.48. The van der Waals surface area contributed by atoms with Crippen LogP contribution in [0.25, 0.3) is 0 Å². The smallest absolute Gasteiger partial charge is 0.264 e. The Kier molecular flexibility index (Phi) is 4.90. The van der Waals surface area contributed by atoms with Gasteiger partial charge in [0.1, 0.15) is 5.04 Å². The van der Waals surface area contributed by atoms with Crippen molar-refractivity contribution in [3.05, 3.63) is 58.9 Å². The molecule has 1 heterocycles. The van der Waals surface area contributed by atoms with E-state index in [2.05, 4.69) is 9.98 Å². The highest BCUT2D eigenvalue weighted by molar-refractivity contribution is 8.13. The average molecular weight is 331 g/mol. The monoisotopic (exact) mass is 330 g/mol. The molecule has 0 saturated carbocycles. The number of aliphatic imine (C=N–C) groups is 1. The van der Waals surface area contributed by atoms with Gasteiger partial charge in [0.05, 0.1) is 16.3 Å². The topological polar surface area (TPSA) is 25.2 Å². The lowest BCUT2D eigenvalue weighted by Gasteiger charge is -2.09. The zero-order valence-electron chi connectivity index (χ0n) is 10.9. The summed E-state index contributed by atoms with van der Waals surface area (Å²) >= 11 is 7.25. The number of halogens is 4. The zero-order valence-corrected chi connectivity index (χ0v) is 12.4. The summed E-state index contributed by atoms with van der Waals surface area (Å²) in [7, 11) is 0. The van der Waals surface area contributed by atoms with Crippen LogP contribution in [0.4, 0.5) is 18.9 Å². The van der Waals surface area contributed by atoms with E-state index in [4.69, 9.17) is 11.6 Å². The quantitative estimate of drug-likeness (QED) is 0.559. The molecule has 0 saturated heterocycles. The molecule has 7 heteroatoms. The van der Waals surface area contributed by atoms with Gasteiger partial charge in [-0.25, -0.2) is 4.99 Å². The third-order valence-corrected chi connectivity index (χ3v) is 3.63. The predicted octanol–water partition coefficient (Wildman–Crippen LogP) is 5.20. The fourth-order valence-electron chi connectivity index (χ4n) is 1.60. The maximum atomic E-state index is 12.7. The Morgan fingerprint density at radius 2 is 2.05 bits per heavy atom. The van der Waals surface area contributed by atoms with Gasteiger partial charge in [-0.15, -0.1) is 11.8 Å². The second-order valence-corrected chi connectivity index (χ2v) is 5.23. The van der Waals surface area contributed by atoms with E-state index >= 15 is 0 Å². The van der Waals surface area contributed by atoms with E-state index in [1.807, 2.05) is 0 Å². The molecule has 0 unspecified atom stereocenters. The predicted molar refractivity (Wildman–Crippen MR) is 80.4 cm³/mol. The number of pyridine rings is 1. The lowest BCUT2D eigenvalue weighted by atomic mass is 10.2. The van der Waals surface area contributed by atoms with Crippen LogP contribution in [0.1, 0.15) is 11.1 Å². The van der Waals surface area contributed by atoms with E-state index in [9.17, 15) is 13.2 Å². The Bertz CT molecular complexity index is 657. The highest BCUT2D eigenvalue weighted by atomic mass is 35.5. The van der Waals surface area contributed by atoms with Crippen LogP contribution in [0.5, 0.6) is 0 Å². The average Bonchev–Trinajstić information content (AvgIpc) is 2.46. The summed E-state index contributed by atoms with van der Waals surface area (Å²) < 4.78 is 38.2. The summed E-state index contributed by atoms with van der Waals surface area (Å²) in [6.07, 6.45) is 0.561. The number of nitrogens with zero attached hydrogens (tertiary/aromatic N) is 2. The van der Waals surface area contributed by atoms with Gasteiger partial charge in [0.2, 0.25) is 0 Å². The minimum absolute atomic E-state index is 0.0831. The minimum atomic E-state index is -4.43. The van der Waals surface area contributed by atoms with E-state index in [0.717, 1.165) is 17.7 Å². The molecule has 0 aliphatic rings. The van der Waals surface area contributed by atoms with Crippen molar-refractivity contribution < 1.29 is 13.2 Å². The number of hydrogen-bond acceptors (Lipinski definition) is 3. The number of alkyl halides is 3. The maximum absolute atomic E-state index is 12.7. The second-order valence-electron chi connectivity index (χ2n) is 4.03. The molecule has 0 aliphatic heterocycles. The van der Waals surface area contributed by atoms with Gasteiger partial charge in [-0.2, -0.15) is 13.2 Å². The zero-order chi connectivity index (χ0) is 15.5. The lowest BCUT2D eigenvalue weighted by Crippen LogP contribution is -2.04. The van der Waals surface area contributed by atoms with Crippen molar-refractivity contribution in [1.82, 2.24) is 4.98 Å². The highest BCUT2D eigenvalue weighted by Crippen LogP contribution is 2.35. The van der Waals surface area contributed by atoms with E-state index in [0.29, 0.717) is 5.04 Å². The number of benzene rings is 1. The molecule has 1 aromatic carbocycles. The van der Waals surface area contributed by atoms with Gasteiger partial charge >= 0.3 is 6.18 Å². The number of thioether (sulfide) groups is 1. The van der Waals surface area contributed by atoms with Crippen LogP contribution in [0.3, 0.4) is 0 Å². The standard InChI is InChI=1S/C14H10ClF3N2S/c1-21-13(9-3-2-6-19-8-9)20-12-7-10(14(16,17)18)4-5-11(12)15/h2-8H,1H3. The van der Waals surface area contributed by atoms with Gasteiger partial charge < -0.3 is 0 Å². The molecular formula is C14H10ClF3N2S. The third-order valence-electron chi connectivity index (χ3n) is 2.60. The molecule has 2 aromatic rings. The van der Waals surface area contributed by atoms with Crippen LogP contribution in [0.15, 0.2) is 47.7 Å². The first-order chi connectivity index (χ1) is 9.91. The maximum Gasteiger partial charge on any atom is 0.416 e. The second kappa shape index (κ2) is 6.49. The van der Waals surface area contributed by atoms with Crippen molar-refractivity contribution >= 4 is 34.1 Å². The largest absolute Gasteiger partial charge is 0.416 e.